The van der Waals surface area contributed by atoms with E-state index in [2.05, 4.69) is 19.8 Å². The molecule has 6 nitrogen and oxygen atoms in total. The monoisotopic (exact) mass is 402 g/mol. The molecule has 0 spiro atoms. The summed E-state index contributed by atoms with van der Waals surface area (Å²) in [6.07, 6.45) is -4.21. The van der Waals surface area contributed by atoms with Crippen LogP contribution in [0.3, 0.4) is 0 Å². The SMILES string of the molecule is COC(O)[C@@]1(C)Cc2c([nH]c3ccccc23)[C@@H](c2ccc3c(c2)OC(F)(F)O3)N1. The third kappa shape index (κ3) is 2.87. The molecule has 0 amide bonds. The summed E-state index contributed by atoms with van der Waals surface area (Å²) in [6.45, 7) is 1.88. The highest BCUT2D eigenvalue weighted by molar-refractivity contribution is 5.85. The number of aromatic amines is 1. The first-order valence-electron chi connectivity index (χ1n) is 9.27. The van der Waals surface area contributed by atoms with Crippen molar-refractivity contribution in [3.05, 3.63) is 59.3 Å². The normalized spacial score (nSPS) is 25.8. The van der Waals surface area contributed by atoms with Crippen molar-refractivity contribution < 1.29 is 28.1 Å². The van der Waals surface area contributed by atoms with Crippen LogP contribution >= 0.6 is 0 Å². The number of H-pyrrole nitrogens is 1. The lowest BCUT2D eigenvalue weighted by Gasteiger charge is -2.42. The third-order valence-corrected chi connectivity index (χ3v) is 5.68. The Morgan fingerprint density at radius 2 is 1.93 bits per heavy atom. The Morgan fingerprint density at radius 3 is 2.72 bits per heavy atom. The maximum absolute atomic E-state index is 13.4. The average molecular weight is 402 g/mol. The van der Waals surface area contributed by atoms with Gasteiger partial charge < -0.3 is 24.3 Å². The molecule has 0 saturated carbocycles. The van der Waals surface area contributed by atoms with Gasteiger partial charge in [-0.25, -0.2) is 0 Å². The second-order valence-corrected chi connectivity index (χ2v) is 7.70. The van der Waals surface area contributed by atoms with E-state index in [0.29, 0.717) is 12.0 Å². The Labute approximate surface area is 165 Å². The van der Waals surface area contributed by atoms with Gasteiger partial charge in [-0.2, -0.15) is 0 Å². The van der Waals surface area contributed by atoms with Crippen LogP contribution in [0.15, 0.2) is 42.5 Å². The van der Waals surface area contributed by atoms with Crippen LogP contribution in [-0.4, -0.2) is 35.3 Å². The van der Waals surface area contributed by atoms with E-state index in [1.165, 1.54) is 19.2 Å². The predicted molar refractivity (Wildman–Crippen MR) is 101 cm³/mol. The molecule has 3 aromatic rings. The van der Waals surface area contributed by atoms with E-state index in [0.717, 1.165) is 22.2 Å². The number of methoxy groups -OCH3 is 1. The van der Waals surface area contributed by atoms with Crippen molar-refractivity contribution in [3.8, 4) is 11.5 Å². The van der Waals surface area contributed by atoms with Gasteiger partial charge in [-0.15, -0.1) is 8.78 Å². The zero-order valence-electron chi connectivity index (χ0n) is 15.8. The highest BCUT2D eigenvalue weighted by Crippen LogP contribution is 2.45. The lowest BCUT2D eigenvalue weighted by molar-refractivity contribution is -0.286. The molecule has 2 aromatic carbocycles. The molecular formula is C21H20F2N2O4. The van der Waals surface area contributed by atoms with Crippen LogP contribution in [0.1, 0.15) is 29.8 Å². The first-order valence-corrected chi connectivity index (χ1v) is 9.27. The van der Waals surface area contributed by atoms with Gasteiger partial charge in [-0.3, -0.25) is 5.32 Å². The summed E-state index contributed by atoms with van der Waals surface area (Å²) < 4.78 is 41.3. The summed E-state index contributed by atoms with van der Waals surface area (Å²) in [7, 11) is 1.44. The number of benzene rings is 2. The largest absolute Gasteiger partial charge is 0.586 e. The number of nitrogens with one attached hydrogen (secondary N) is 2. The quantitative estimate of drug-likeness (QED) is 0.585. The fourth-order valence-electron chi connectivity index (χ4n) is 4.29. The molecule has 3 N–H and O–H groups in total. The zero-order valence-corrected chi connectivity index (χ0v) is 15.8. The molecule has 0 aliphatic carbocycles. The fourth-order valence-corrected chi connectivity index (χ4v) is 4.29. The average Bonchev–Trinajstić information content (AvgIpc) is 3.21. The van der Waals surface area contributed by atoms with E-state index < -0.39 is 24.2 Å². The van der Waals surface area contributed by atoms with Crippen LogP contribution in [-0.2, 0) is 11.2 Å². The van der Waals surface area contributed by atoms with Gasteiger partial charge in [-0.05, 0) is 42.7 Å². The molecular weight excluding hydrogens is 382 g/mol. The van der Waals surface area contributed by atoms with Crippen molar-refractivity contribution in [3.63, 3.8) is 0 Å². The Hall–Kier alpha value is -2.68. The van der Waals surface area contributed by atoms with Crippen LogP contribution in [0.2, 0.25) is 0 Å². The molecule has 3 heterocycles. The molecule has 8 heteroatoms. The smallest absolute Gasteiger partial charge is 0.395 e. The molecule has 3 atom stereocenters. The van der Waals surface area contributed by atoms with Crippen molar-refractivity contribution >= 4 is 10.9 Å². The molecule has 1 unspecified atom stereocenters. The van der Waals surface area contributed by atoms with E-state index >= 15 is 0 Å². The summed E-state index contributed by atoms with van der Waals surface area (Å²) in [5.74, 6) is -0.0300. The van der Waals surface area contributed by atoms with E-state index in [4.69, 9.17) is 4.74 Å². The maximum atomic E-state index is 13.4. The first kappa shape index (κ1) is 18.4. The fraction of sp³-hybridized carbons (Fsp3) is 0.333. The Bertz CT molecular complexity index is 1100. The van der Waals surface area contributed by atoms with Gasteiger partial charge in [0.05, 0.1) is 11.6 Å². The summed E-state index contributed by atoms with van der Waals surface area (Å²) in [6, 6.07) is 12.2. The lowest BCUT2D eigenvalue weighted by Crippen LogP contribution is -2.58. The molecule has 2 aliphatic heterocycles. The molecule has 5 rings (SSSR count). The third-order valence-electron chi connectivity index (χ3n) is 5.68. The van der Waals surface area contributed by atoms with Gasteiger partial charge in [0.25, 0.3) is 0 Å². The standard InChI is InChI=1S/C21H20F2N2O4/c1-20(19(26)27-2)10-13-12-5-3-4-6-14(12)24-18(13)17(25-20)11-7-8-15-16(9-11)29-21(22,23)28-15/h3-9,17,19,24-26H,10H2,1-2H3/t17-,19?,20-/m1/s1. The van der Waals surface area contributed by atoms with Crippen molar-refractivity contribution in [2.24, 2.45) is 0 Å². The van der Waals surface area contributed by atoms with Crippen LogP contribution in [0.4, 0.5) is 8.78 Å². The summed E-state index contributed by atoms with van der Waals surface area (Å²) in [4.78, 5) is 3.44. The van der Waals surface area contributed by atoms with Crippen LogP contribution < -0.4 is 14.8 Å². The number of halogens is 2. The number of fused-ring (bicyclic) bond motifs is 4. The van der Waals surface area contributed by atoms with Crippen molar-refractivity contribution in [2.45, 2.75) is 37.5 Å². The molecule has 152 valence electrons. The lowest BCUT2D eigenvalue weighted by atomic mass is 9.82. The van der Waals surface area contributed by atoms with Gasteiger partial charge >= 0.3 is 6.29 Å². The van der Waals surface area contributed by atoms with Crippen molar-refractivity contribution in [2.75, 3.05) is 7.11 Å². The zero-order chi connectivity index (χ0) is 20.4. The van der Waals surface area contributed by atoms with Gasteiger partial charge in [0, 0.05) is 23.7 Å². The van der Waals surface area contributed by atoms with Crippen LogP contribution in [0.25, 0.3) is 10.9 Å². The minimum absolute atomic E-state index is 0.00822. The van der Waals surface area contributed by atoms with Gasteiger partial charge in [0.1, 0.15) is 0 Å². The number of hydrogen-bond acceptors (Lipinski definition) is 5. The Kier molecular flexibility index (Phi) is 3.90. The topological polar surface area (TPSA) is 75.7 Å². The highest BCUT2D eigenvalue weighted by atomic mass is 19.3. The first-order chi connectivity index (χ1) is 13.8. The van der Waals surface area contributed by atoms with E-state index in [9.17, 15) is 13.9 Å². The molecule has 0 saturated heterocycles. The number of ether oxygens (including phenoxy) is 3. The summed E-state index contributed by atoms with van der Waals surface area (Å²) in [5, 5.41) is 15.0. The molecule has 2 aliphatic rings. The maximum Gasteiger partial charge on any atom is 0.586 e. The van der Waals surface area contributed by atoms with Crippen LogP contribution in [0.5, 0.6) is 11.5 Å². The van der Waals surface area contributed by atoms with E-state index in [1.807, 2.05) is 31.2 Å². The number of aliphatic hydroxyl groups is 1. The molecule has 0 radical (unpaired) electrons. The van der Waals surface area contributed by atoms with E-state index in [1.54, 1.807) is 6.07 Å². The minimum Gasteiger partial charge on any atom is -0.395 e. The highest BCUT2D eigenvalue weighted by Gasteiger charge is 2.45. The predicted octanol–water partition coefficient (Wildman–Crippen LogP) is 3.45. The molecule has 0 bridgehead atoms. The molecule has 29 heavy (non-hydrogen) atoms. The molecule has 1 aromatic heterocycles. The number of rotatable bonds is 3. The van der Waals surface area contributed by atoms with Gasteiger partial charge in [0.2, 0.25) is 0 Å². The molecule has 0 fully saturated rings. The van der Waals surface area contributed by atoms with E-state index in [-0.39, 0.29) is 11.5 Å². The van der Waals surface area contributed by atoms with Crippen molar-refractivity contribution in [1.82, 2.24) is 10.3 Å². The van der Waals surface area contributed by atoms with Gasteiger partial charge in [-0.1, -0.05) is 24.3 Å². The minimum atomic E-state index is -3.67. The number of aliphatic hydroxyl groups excluding tert-OH is 1. The van der Waals surface area contributed by atoms with Crippen LogP contribution in [0, 0.1) is 0 Å². The number of alkyl halides is 2. The second-order valence-electron chi connectivity index (χ2n) is 7.70. The Morgan fingerprint density at radius 1 is 1.17 bits per heavy atom. The summed E-state index contributed by atoms with van der Waals surface area (Å²) in [5.41, 5.74) is 2.83. The number of hydrogen-bond donors (Lipinski definition) is 3. The van der Waals surface area contributed by atoms with Gasteiger partial charge in [0.15, 0.2) is 17.8 Å². The second kappa shape index (κ2) is 6.16. The number of para-hydroxylation sites is 1. The number of aromatic nitrogens is 1. The van der Waals surface area contributed by atoms with Crippen molar-refractivity contribution in [1.29, 1.82) is 0 Å². The Balaban J connectivity index is 1.65. The summed E-state index contributed by atoms with van der Waals surface area (Å²) >= 11 is 0.